The molecule has 1 aromatic rings. The summed E-state index contributed by atoms with van der Waals surface area (Å²) in [6, 6.07) is 1.06. The molecular formula is C8H6F3NO3S. The molecule has 8 heteroatoms. The number of hydrogen-bond donors (Lipinski definition) is 2. The van der Waals surface area contributed by atoms with Crippen molar-refractivity contribution in [1.29, 1.82) is 0 Å². The maximum Gasteiger partial charge on any atom is 0.422 e. The number of nitrogens with zero attached hydrogens (tertiary/aromatic N) is 1. The Morgan fingerprint density at radius 2 is 2.19 bits per heavy atom. The first kappa shape index (κ1) is 12.6. The molecule has 1 heterocycles. The van der Waals surface area contributed by atoms with Gasteiger partial charge in [-0.05, 0) is 6.07 Å². The van der Waals surface area contributed by atoms with Gasteiger partial charge in [-0.25, -0.2) is 9.78 Å². The number of carboxylic acid groups (broad SMARTS) is 1. The van der Waals surface area contributed by atoms with Gasteiger partial charge in [0.15, 0.2) is 6.61 Å². The number of halogens is 3. The molecule has 88 valence electrons. The van der Waals surface area contributed by atoms with Crippen LogP contribution in [-0.4, -0.2) is 28.8 Å². The molecule has 0 saturated carbocycles. The molecule has 0 aliphatic rings. The van der Waals surface area contributed by atoms with Crippen LogP contribution in [-0.2, 0) is 0 Å². The van der Waals surface area contributed by atoms with Crippen LogP contribution in [0.3, 0.4) is 0 Å². The van der Waals surface area contributed by atoms with Gasteiger partial charge in [0, 0.05) is 6.20 Å². The van der Waals surface area contributed by atoms with E-state index in [0.717, 1.165) is 12.3 Å². The lowest BCUT2D eigenvalue weighted by molar-refractivity contribution is -0.154. The third-order valence-corrected chi connectivity index (χ3v) is 1.77. The number of aromatic nitrogens is 1. The summed E-state index contributed by atoms with van der Waals surface area (Å²) in [5.41, 5.74) is -0.177. The molecule has 1 N–H and O–H groups in total. The average Bonchev–Trinajstić information content (AvgIpc) is 2.14. The number of pyridine rings is 1. The summed E-state index contributed by atoms with van der Waals surface area (Å²) in [6.45, 7) is -1.50. The van der Waals surface area contributed by atoms with Crippen LogP contribution in [0.4, 0.5) is 13.2 Å². The first-order chi connectivity index (χ1) is 7.29. The van der Waals surface area contributed by atoms with Crippen LogP contribution in [0, 0.1) is 0 Å². The third-order valence-electron chi connectivity index (χ3n) is 1.45. The van der Waals surface area contributed by atoms with Crippen molar-refractivity contribution >= 4 is 18.6 Å². The Labute approximate surface area is 93.5 Å². The summed E-state index contributed by atoms with van der Waals surface area (Å²) in [6.07, 6.45) is -3.58. The molecule has 0 aliphatic heterocycles. The Morgan fingerprint density at radius 3 is 2.62 bits per heavy atom. The molecule has 1 aromatic heterocycles. The van der Waals surface area contributed by atoms with E-state index >= 15 is 0 Å². The largest absolute Gasteiger partial charge is 0.478 e. The molecule has 0 aliphatic carbocycles. The molecule has 1 rings (SSSR count). The number of ether oxygens (including phenoxy) is 1. The van der Waals surface area contributed by atoms with Gasteiger partial charge in [0.1, 0.15) is 0 Å². The fourth-order valence-electron chi connectivity index (χ4n) is 0.819. The van der Waals surface area contributed by atoms with E-state index in [0.29, 0.717) is 0 Å². The number of alkyl halides is 3. The lowest BCUT2D eigenvalue weighted by atomic mass is 10.3. The summed E-state index contributed by atoms with van der Waals surface area (Å²) < 4.78 is 39.8. The maximum absolute atomic E-state index is 11.8. The topological polar surface area (TPSA) is 59.4 Å². The van der Waals surface area contributed by atoms with Crippen LogP contribution in [0.1, 0.15) is 10.4 Å². The number of hydrogen-bond acceptors (Lipinski definition) is 4. The van der Waals surface area contributed by atoms with Crippen molar-refractivity contribution in [2.24, 2.45) is 0 Å². The zero-order valence-corrected chi connectivity index (χ0v) is 8.55. The van der Waals surface area contributed by atoms with Gasteiger partial charge in [0.25, 0.3) is 0 Å². The van der Waals surface area contributed by atoms with E-state index in [2.05, 4.69) is 22.3 Å². The standard InChI is InChI=1S/C8H6F3NO3S/c9-8(10,11)3-15-6-5(16)1-4(2-12-6)7(13)14/h1-2,16H,3H2,(H,13,14). The minimum Gasteiger partial charge on any atom is -0.478 e. The fraction of sp³-hybridized carbons (Fsp3) is 0.250. The summed E-state index contributed by atoms with van der Waals surface area (Å²) >= 11 is 3.77. The van der Waals surface area contributed by atoms with E-state index in [1.165, 1.54) is 0 Å². The van der Waals surface area contributed by atoms with Crippen LogP contribution < -0.4 is 4.74 Å². The Morgan fingerprint density at radius 1 is 1.56 bits per heavy atom. The monoisotopic (exact) mass is 253 g/mol. The normalized spacial score (nSPS) is 11.2. The Bertz CT molecular complexity index is 408. The summed E-state index contributed by atoms with van der Waals surface area (Å²) in [7, 11) is 0. The van der Waals surface area contributed by atoms with Crippen molar-refractivity contribution in [3.8, 4) is 5.88 Å². The number of aromatic carboxylic acids is 1. The molecule has 4 nitrogen and oxygen atoms in total. The van der Waals surface area contributed by atoms with Crippen molar-refractivity contribution in [3.63, 3.8) is 0 Å². The van der Waals surface area contributed by atoms with Crippen LogP contribution in [0.5, 0.6) is 5.88 Å². The number of carbonyl (C=O) groups is 1. The van der Waals surface area contributed by atoms with Gasteiger partial charge in [-0.15, -0.1) is 12.6 Å². The Balaban J connectivity index is 2.80. The Kier molecular flexibility index (Phi) is 3.63. The second-order valence-electron chi connectivity index (χ2n) is 2.76. The highest BCUT2D eigenvalue weighted by Gasteiger charge is 2.29. The number of thiol groups is 1. The van der Waals surface area contributed by atoms with E-state index < -0.39 is 18.8 Å². The fourth-order valence-corrected chi connectivity index (χ4v) is 1.08. The van der Waals surface area contributed by atoms with E-state index in [1.54, 1.807) is 0 Å². The quantitative estimate of drug-likeness (QED) is 0.809. The van der Waals surface area contributed by atoms with Gasteiger partial charge >= 0.3 is 12.1 Å². The predicted octanol–water partition coefficient (Wildman–Crippen LogP) is 2.01. The molecule has 0 saturated heterocycles. The first-order valence-electron chi connectivity index (χ1n) is 3.91. The number of rotatable bonds is 3. The Hall–Kier alpha value is -1.44. The maximum atomic E-state index is 11.8. The van der Waals surface area contributed by atoms with Crippen molar-refractivity contribution in [2.45, 2.75) is 11.1 Å². The van der Waals surface area contributed by atoms with E-state index in [1.807, 2.05) is 0 Å². The molecule has 0 aromatic carbocycles. The minimum absolute atomic E-state index is 0.0656. The summed E-state index contributed by atoms with van der Waals surface area (Å²) in [5.74, 6) is -1.60. The van der Waals surface area contributed by atoms with E-state index in [-0.39, 0.29) is 16.3 Å². The highest BCUT2D eigenvalue weighted by Crippen LogP contribution is 2.23. The van der Waals surface area contributed by atoms with Crippen LogP contribution in [0.15, 0.2) is 17.2 Å². The second kappa shape index (κ2) is 4.60. The second-order valence-corrected chi connectivity index (χ2v) is 3.24. The smallest absolute Gasteiger partial charge is 0.422 e. The lowest BCUT2D eigenvalue weighted by Gasteiger charge is -2.09. The van der Waals surface area contributed by atoms with Crippen molar-refractivity contribution in [1.82, 2.24) is 4.98 Å². The highest BCUT2D eigenvalue weighted by molar-refractivity contribution is 7.80. The van der Waals surface area contributed by atoms with Gasteiger partial charge in [-0.1, -0.05) is 0 Å². The van der Waals surface area contributed by atoms with Gasteiger partial charge < -0.3 is 9.84 Å². The summed E-state index contributed by atoms with van der Waals surface area (Å²) in [4.78, 5) is 13.8. The van der Waals surface area contributed by atoms with E-state index in [4.69, 9.17) is 5.11 Å². The number of carboxylic acids is 1. The minimum atomic E-state index is -4.48. The van der Waals surface area contributed by atoms with E-state index in [9.17, 15) is 18.0 Å². The average molecular weight is 253 g/mol. The van der Waals surface area contributed by atoms with Gasteiger partial charge in [-0.2, -0.15) is 13.2 Å². The van der Waals surface area contributed by atoms with Gasteiger partial charge in [0.2, 0.25) is 5.88 Å². The molecular weight excluding hydrogens is 247 g/mol. The predicted molar refractivity (Wildman–Crippen MR) is 50.0 cm³/mol. The highest BCUT2D eigenvalue weighted by atomic mass is 32.1. The molecule has 0 radical (unpaired) electrons. The van der Waals surface area contributed by atoms with Crippen molar-refractivity contribution < 1.29 is 27.8 Å². The van der Waals surface area contributed by atoms with Gasteiger partial charge in [-0.3, -0.25) is 0 Å². The zero-order chi connectivity index (χ0) is 12.3. The molecule has 0 unspecified atom stereocenters. The third kappa shape index (κ3) is 3.61. The SMILES string of the molecule is O=C(O)c1cnc(OCC(F)(F)F)c(S)c1. The molecule has 0 spiro atoms. The molecule has 0 fully saturated rings. The molecule has 0 atom stereocenters. The van der Waals surface area contributed by atoms with Crippen molar-refractivity contribution in [3.05, 3.63) is 17.8 Å². The van der Waals surface area contributed by atoms with Crippen LogP contribution in [0.25, 0.3) is 0 Å². The molecule has 16 heavy (non-hydrogen) atoms. The molecule has 0 bridgehead atoms. The van der Waals surface area contributed by atoms with Gasteiger partial charge in [0.05, 0.1) is 10.5 Å². The van der Waals surface area contributed by atoms with Crippen LogP contribution in [0.2, 0.25) is 0 Å². The lowest BCUT2D eigenvalue weighted by Crippen LogP contribution is -2.20. The zero-order valence-electron chi connectivity index (χ0n) is 7.65. The first-order valence-corrected chi connectivity index (χ1v) is 4.36. The molecule has 0 amide bonds. The summed E-state index contributed by atoms with van der Waals surface area (Å²) in [5, 5.41) is 8.56. The van der Waals surface area contributed by atoms with Crippen molar-refractivity contribution in [2.75, 3.05) is 6.61 Å². The van der Waals surface area contributed by atoms with Crippen LogP contribution >= 0.6 is 12.6 Å².